The third-order valence-corrected chi connectivity index (χ3v) is 3.81. The minimum atomic E-state index is -4.56. The molecule has 1 aromatic heterocycles. The fraction of sp³-hybridized carbons (Fsp3) is 0.158. The van der Waals surface area contributed by atoms with Gasteiger partial charge in [-0.3, -0.25) is 4.79 Å². The van der Waals surface area contributed by atoms with E-state index in [0.29, 0.717) is 11.3 Å². The zero-order valence-electron chi connectivity index (χ0n) is 14.2. The van der Waals surface area contributed by atoms with Crippen molar-refractivity contribution >= 4 is 11.7 Å². The van der Waals surface area contributed by atoms with E-state index in [1.807, 2.05) is 0 Å². The van der Waals surface area contributed by atoms with Crippen LogP contribution in [0.1, 0.15) is 16.8 Å². The predicted octanol–water partition coefficient (Wildman–Crippen LogP) is 4.52. The molecule has 1 amide bonds. The van der Waals surface area contributed by atoms with Crippen molar-refractivity contribution in [2.24, 2.45) is 0 Å². The fourth-order valence-corrected chi connectivity index (χ4v) is 2.64. The molecule has 1 heterocycles. The first-order valence-electron chi connectivity index (χ1n) is 8.01. The number of nitrogens with one attached hydrogen (secondary N) is 1. The number of aryl methyl sites for hydroxylation is 1. The van der Waals surface area contributed by atoms with Crippen molar-refractivity contribution in [1.29, 1.82) is 0 Å². The van der Waals surface area contributed by atoms with Gasteiger partial charge in [0.2, 0.25) is 5.91 Å². The van der Waals surface area contributed by atoms with Gasteiger partial charge in [-0.05, 0) is 36.8 Å². The number of aromatic nitrogens is 2. The smallest absolute Gasteiger partial charge is 0.310 e. The van der Waals surface area contributed by atoms with Gasteiger partial charge in [0.05, 0.1) is 23.4 Å². The van der Waals surface area contributed by atoms with Crippen molar-refractivity contribution < 1.29 is 22.4 Å². The van der Waals surface area contributed by atoms with Crippen molar-refractivity contribution in [1.82, 2.24) is 9.78 Å². The molecule has 2 aromatic carbocycles. The summed E-state index contributed by atoms with van der Waals surface area (Å²) in [6.45, 7) is 1.61. The molecule has 27 heavy (non-hydrogen) atoms. The molecular weight excluding hydrogens is 362 g/mol. The Hall–Kier alpha value is -3.16. The lowest BCUT2D eigenvalue weighted by Gasteiger charge is -2.15. The van der Waals surface area contributed by atoms with Gasteiger partial charge < -0.3 is 5.32 Å². The average molecular weight is 377 g/mol. The molecule has 1 N–H and O–H groups in total. The van der Waals surface area contributed by atoms with E-state index >= 15 is 0 Å². The Morgan fingerprint density at radius 3 is 2.44 bits per heavy atom. The second-order valence-electron chi connectivity index (χ2n) is 5.95. The van der Waals surface area contributed by atoms with Crippen molar-refractivity contribution in [2.75, 3.05) is 5.32 Å². The number of para-hydroxylation sites is 1. The zero-order chi connectivity index (χ0) is 19.6. The normalized spacial score (nSPS) is 11.4. The van der Waals surface area contributed by atoms with Gasteiger partial charge in [-0.15, -0.1) is 0 Å². The molecule has 8 heteroatoms. The molecule has 0 aliphatic rings. The molecule has 0 atom stereocenters. The van der Waals surface area contributed by atoms with Crippen LogP contribution in [0.25, 0.3) is 5.69 Å². The minimum absolute atomic E-state index is 0.0502. The summed E-state index contributed by atoms with van der Waals surface area (Å²) in [6, 6.07) is 11.9. The summed E-state index contributed by atoms with van der Waals surface area (Å²) in [4.78, 5) is 12.3. The maximum Gasteiger partial charge on any atom is 0.418 e. The molecule has 0 aliphatic carbocycles. The molecule has 0 fully saturated rings. The molecule has 0 bridgehead atoms. The number of hydrogen-bond acceptors (Lipinski definition) is 2. The Morgan fingerprint density at radius 1 is 1.11 bits per heavy atom. The SMILES string of the molecule is Cc1cc(NC(=O)Cc2ccc(F)cc2)n(-c2ccccc2C(F)(F)F)n1. The lowest BCUT2D eigenvalue weighted by Crippen LogP contribution is -2.18. The number of hydrogen-bond donors (Lipinski definition) is 1. The molecule has 0 radical (unpaired) electrons. The van der Waals surface area contributed by atoms with Crippen LogP contribution in [0.5, 0.6) is 0 Å². The molecule has 0 saturated carbocycles. The quantitative estimate of drug-likeness (QED) is 0.680. The molecule has 4 nitrogen and oxygen atoms in total. The van der Waals surface area contributed by atoms with Crippen LogP contribution in [0.15, 0.2) is 54.6 Å². The Bertz CT molecular complexity index is 962. The Labute approximate surface area is 152 Å². The highest BCUT2D eigenvalue weighted by atomic mass is 19.4. The van der Waals surface area contributed by atoms with Crippen molar-refractivity contribution in [3.05, 3.63) is 77.2 Å². The second kappa shape index (κ2) is 7.22. The maximum absolute atomic E-state index is 13.3. The Balaban J connectivity index is 1.89. The Kier molecular flexibility index (Phi) is 4.98. The summed E-state index contributed by atoms with van der Waals surface area (Å²) < 4.78 is 53.9. The van der Waals surface area contributed by atoms with Crippen LogP contribution in [0, 0.1) is 12.7 Å². The summed E-state index contributed by atoms with van der Waals surface area (Å²) in [7, 11) is 0. The van der Waals surface area contributed by atoms with Gasteiger partial charge in [0.25, 0.3) is 0 Å². The molecule has 3 aromatic rings. The number of halogens is 4. The van der Waals surface area contributed by atoms with E-state index in [2.05, 4.69) is 10.4 Å². The third-order valence-electron chi connectivity index (χ3n) is 3.81. The van der Waals surface area contributed by atoms with Crippen LogP contribution >= 0.6 is 0 Å². The number of rotatable bonds is 4. The monoisotopic (exact) mass is 377 g/mol. The van der Waals surface area contributed by atoms with Gasteiger partial charge in [-0.25, -0.2) is 9.07 Å². The van der Waals surface area contributed by atoms with E-state index in [4.69, 9.17) is 0 Å². The van der Waals surface area contributed by atoms with Crippen molar-refractivity contribution in [3.63, 3.8) is 0 Å². The second-order valence-corrected chi connectivity index (χ2v) is 5.95. The van der Waals surface area contributed by atoms with E-state index < -0.39 is 23.5 Å². The van der Waals surface area contributed by atoms with Gasteiger partial charge >= 0.3 is 6.18 Å². The molecule has 0 saturated heterocycles. The van der Waals surface area contributed by atoms with Gasteiger partial charge in [-0.2, -0.15) is 18.3 Å². The fourth-order valence-electron chi connectivity index (χ4n) is 2.64. The highest BCUT2D eigenvalue weighted by molar-refractivity contribution is 5.91. The molecular formula is C19H15F4N3O. The van der Waals surface area contributed by atoms with Crippen LogP contribution in [-0.4, -0.2) is 15.7 Å². The van der Waals surface area contributed by atoms with Crippen LogP contribution in [-0.2, 0) is 17.4 Å². The number of carbonyl (C=O) groups excluding carboxylic acids is 1. The topological polar surface area (TPSA) is 46.9 Å². The molecule has 0 unspecified atom stereocenters. The summed E-state index contributed by atoms with van der Waals surface area (Å²) in [5, 5.41) is 6.65. The van der Waals surface area contributed by atoms with E-state index in [-0.39, 0.29) is 17.9 Å². The van der Waals surface area contributed by atoms with E-state index in [1.165, 1.54) is 48.5 Å². The number of amides is 1. The van der Waals surface area contributed by atoms with Crippen LogP contribution in [0.3, 0.4) is 0 Å². The minimum Gasteiger partial charge on any atom is -0.310 e. The van der Waals surface area contributed by atoms with Crippen molar-refractivity contribution in [3.8, 4) is 5.69 Å². The lowest BCUT2D eigenvalue weighted by atomic mass is 10.1. The van der Waals surface area contributed by atoms with Crippen LogP contribution in [0.4, 0.5) is 23.4 Å². The van der Waals surface area contributed by atoms with Gasteiger partial charge in [0.1, 0.15) is 11.6 Å². The van der Waals surface area contributed by atoms with Crippen LogP contribution < -0.4 is 5.32 Å². The summed E-state index contributed by atoms with van der Waals surface area (Å²) >= 11 is 0. The number of anilines is 1. The first-order valence-corrected chi connectivity index (χ1v) is 8.01. The summed E-state index contributed by atoms with van der Waals surface area (Å²) in [5.74, 6) is -0.750. The lowest BCUT2D eigenvalue weighted by molar-refractivity contribution is -0.137. The highest BCUT2D eigenvalue weighted by Gasteiger charge is 2.34. The molecule has 140 valence electrons. The maximum atomic E-state index is 13.3. The highest BCUT2D eigenvalue weighted by Crippen LogP contribution is 2.34. The van der Waals surface area contributed by atoms with E-state index in [0.717, 1.165) is 10.7 Å². The predicted molar refractivity (Wildman–Crippen MR) is 92.0 cm³/mol. The third kappa shape index (κ3) is 4.33. The largest absolute Gasteiger partial charge is 0.418 e. The van der Waals surface area contributed by atoms with Crippen LogP contribution in [0.2, 0.25) is 0 Å². The van der Waals surface area contributed by atoms with Gasteiger partial charge in [-0.1, -0.05) is 24.3 Å². The number of nitrogens with zero attached hydrogens (tertiary/aromatic N) is 2. The van der Waals surface area contributed by atoms with Crippen molar-refractivity contribution in [2.45, 2.75) is 19.5 Å². The summed E-state index contributed by atoms with van der Waals surface area (Å²) in [6.07, 6.45) is -4.61. The Morgan fingerprint density at radius 2 is 1.78 bits per heavy atom. The first-order chi connectivity index (χ1) is 12.7. The zero-order valence-corrected chi connectivity index (χ0v) is 14.2. The molecule has 0 spiro atoms. The number of alkyl halides is 3. The van der Waals surface area contributed by atoms with Gasteiger partial charge in [0, 0.05) is 6.07 Å². The first kappa shape index (κ1) is 18.6. The molecule has 0 aliphatic heterocycles. The van der Waals surface area contributed by atoms with Gasteiger partial charge in [0.15, 0.2) is 0 Å². The number of benzene rings is 2. The average Bonchev–Trinajstić information content (AvgIpc) is 2.96. The molecule has 3 rings (SSSR count). The van der Waals surface area contributed by atoms with E-state index in [1.54, 1.807) is 6.92 Å². The number of carbonyl (C=O) groups is 1. The van der Waals surface area contributed by atoms with E-state index in [9.17, 15) is 22.4 Å². The standard InChI is InChI=1S/C19H15F4N3O/c1-12-10-17(24-18(27)11-13-6-8-14(20)9-7-13)26(25-12)16-5-3-2-4-15(16)19(21,22)23/h2-10H,11H2,1H3,(H,24,27). The summed E-state index contributed by atoms with van der Waals surface area (Å²) in [5.41, 5.74) is -0.0197.